The number of aliphatic hydroxyl groups is 1. The number of nitrogens with one attached hydrogen (secondary N) is 1. The van der Waals surface area contributed by atoms with Crippen molar-refractivity contribution in [1.29, 1.82) is 0 Å². The highest BCUT2D eigenvalue weighted by molar-refractivity contribution is 5.81. The van der Waals surface area contributed by atoms with Crippen LogP contribution in [0, 0.1) is 0 Å². The van der Waals surface area contributed by atoms with Gasteiger partial charge >= 0.3 is 0 Å². The van der Waals surface area contributed by atoms with Crippen molar-refractivity contribution < 1.29 is 9.90 Å². The number of likely N-dealkylation sites (tertiary alicyclic amines) is 1. The van der Waals surface area contributed by atoms with E-state index in [4.69, 9.17) is 0 Å². The van der Waals surface area contributed by atoms with E-state index in [1.54, 1.807) is 0 Å². The Balaban J connectivity index is 1.86. The zero-order chi connectivity index (χ0) is 13.9. The SMILES string of the molecule is CC(C(=O)N1CCCCC1)N(C)CC1(O)CCNC1. The smallest absolute Gasteiger partial charge is 0.239 e. The molecule has 19 heavy (non-hydrogen) atoms. The first-order valence-electron chi connectivity index (χ1n) is 7.44. The molecule has 0 aromatic heterocycles. The molecule has 0 aliphatic carbocycles. The van der Waals surface area contributed by atoms with Crippen molar-refractivity contribution in [2.24, 2.45) is 0 Å². The lowest BCUT2D eigenvalue weighted by molar-refractivity contribution is -0.137. The third kappa shape index (κ3) is 3.68. The van der Waals surface area contributed by atoms with Crippen molar-refractivity contribution in [2.75, 3.05) is 39.8 Å². The molecule has 5 nitrogen and oxygen atoms in total. The minimum Gasteiger partial charge on any atom is -0.387 e. The number of nitrogens with zero attached hydrogens (tertiary/aromatic N) is 2. The van der Waals surface area contributed by atoms with E-state index in [1.165, 1.54) is 6.42 Å². The zero-order valence-electron chi connectivity index (χ0n) is 12.2. The van der Waals surface area contributed by atoms with Gasteiger partial charge in [-0.25, -0.2) is 0 Å². The molecular formula is C14H27N3O2. The van der Waals surface area contributed by atoms with Gasteiger partial charge in [-0.2, -0.15) is 0 Å². The summed E-state index contributed by atoms with van der Waals surface area (Å²) in [6, 6.07) is -0.150. The average Bonchev–Trinajstić information content (AvgIpc) is 2.84. The predicted molar refractivity (Wildman–Crippen MR) is 75.0 cm³/mol. The molecule has 0 aromatic rings. The highest BCUT2D eigenvalue weighted by atomic mass is 16.3. The number of amides is 1. The van der Waals surface area contributed by atoms with Gasteiger partial charge in [-0.3, -0.25) is 9.69 Å². The highest BCUT2D eigenvalue weighted by Crippen LogP contribution is 2.18. The van der Waals surface area contributed by atoms with E-state index in [0.717, 1.165) is 38.9 Å². The van der Waals surface area contributed by atoms with Crippen LogP contribution in [0.15, 0.2) is 0 Å². The van der Waals surface area contributed by atoms with Crippen molar-refractivity contribution in [2.45, 2.75) is 44.2 Å². The average molecular weight is 269 g/mol. The van der Waals surface area contributed by atoms with Crippen molar-refractivity contribution in [3.63, 3.8) is 0 Å². The first-order valence-corrected chi connectivity index (χ1v) is 7.44. The molecule has 2 rings (SSSR count). The van der Waals surface area contributed by atoms with E-state index >= 15 is 0 Å². The van der Waals surface area contributed by atoms with E-state index in [0.29, 0.717) is 13.1 Å². The lowest BCUT2D eigenvalue weighted by atomic mass is 10.0. The molecular weight excluding hydrogens is 242 g/mol. The maximum Gasteiger partial charge on any atom is 0.239 e. The topological polar surface area (TPSA) is 55.8 Å². The van der Waals surface area contributed by atoms with Gasteiger partial charge in [0.2, 0.25) is 5.91 Å². The fraction of sp³-hybridized carbons (Fsp3) is 0.929. The molecule has 2 fully saturated rings. The van der Waals surface area contributed by atoms with E-state index < -0.39 is 5.60 Å². The summed E-state index contributed by atoms with van der Waals surface area (Å²) in [4.78, 5) is 16.4. The largest absolute Gasteiger partial charge is 0.387 e. The second kappa shape index (κ2) is 6.20. The van der Waals surface area contributed by atoms with Gasteiger partial charge in [-0.1, -0.05) is 0 Å². The molecule has 2 aliphatic heterocycles. The molecule has 2 aliphatic rings. The second-order valence-electron chi connectivity index (χ2n) is 6.13. The Morgan fingerprint density at radius 1 is 1.42 bits per heavy atom. The van der Waals surface area contributed by atoms with Crippen molar-refractivity contribution in [3.05, 3.63) is 0 Å². The lowest BCUT2D eigenvalue weighted by Crippen LogP contribution is -2.52. The molecule has 0 spiro atoms. The van der Waals surface area contributed by atoms with Crippen LogP contribution in [0.3, 0.4) is 0 Å². The van der Waals surface area contributed by atoms with Crippen LogP contribution in [0.2, 0.25) is 0 Å². The summed E-state index contributed by atoms with van der Waals surface area (Å²) in [5, 5.41) is 13.6. The maximum atomic E-state index is 12.4. The summed E-state index contributed by atoms with van der Waals surface area (Å²) in [7, 11) is 1.93. The summed E-state index contributed by atoms with van der Waals surface area (Å²) in [6.07, 6.45) is 4.24. The number of hydrogen-bond acceptors (Lipinski definition) is 4. The Bertz CT molecular complexity index is 310. The van der Waals surface area contributed by atoms with Gasteiger partial charge in [0.1, 0.15) is 0 Å². The Morgan fingerprint density at radius 2 is 2.11 bits per heavy atom. The summed E-state index contributed by atoms with van der Waals surface area (Å²) < 4.78 is 0. The number of piperidine rings is 1. The number of carbonyl (C=O) groups is 1. The van der Waals surface area contributed by atoms with Crippen LogP contribution in [0.4, 0.5) is 0 Å². The number of likely N-dealkylation sites (N-methyl/N-ethyl adjacent to an activating group) is 1. The minimum atomic E-state index is -0.675. The molecule has 2 saturated heterocycles. The molecule has 2 heterocycles. The van der Waals surface area contributed by atoms with Crippen LogP contribution < -0.4 is 5.32 Å². The van der Waals surface area contributed by atoms with Crippen molar-refractivity contribution in [3.8, 4) is 0 Å². The lowest BCUT2D eigenvalue weighted by Gasteiger charge is -2.35. The van der Waals surface area contributed by atoms with Gasteiger partial charge in [0.25, 0.3) is 0 Å². The number of carbonyl (C=O) groups excluding carboxylic acids is 1. The number of rotatable bonds is 4. The summed E-state index contributed by atoms with van der Waals surface area (Å²) in [6.45, 7) is 5.77. The Morgan fingerprint density at radius 3 is 2.68 bits per heavy atom. The normalized spacial score (nSPS) is 29.8. The van der Waals surface area contributed by atoms with Gasteiger partial charge in [-0.05, 0) is 46.2 Å². The van der Waals surface area contributed by atoms with Crippen molar-refractivity contribution >= 4 is 5.91 Å². The first kappa shape index (κ1) is 14.8. The van der Waals surface area contributed by atoms with Crippen LogP contribution in [-0.2, 0) is 4.79 Å². The van der Waals surface area contributed by atoms with Crippen LogP contribution >= 0.6 is 0 Å². The van der Waals surface area contributed by atoms with E-state index in [9.17, 15) is 9.90 Å². The second-order valence-corrected chi connectivity index (χ2v) is 6.13. The Kier molecular flexibility index (Phi) is 4.81. The summed E-state index contributed by atoms with van der Waals surface area (Å²) in [5.41, 5.74) is -0.675. The fourth-order valence-corrected chi connectivity index (χ4v) is 3.03. The van der Waals surface area contributed by atoms with Crippen LogP contribution in [0.25, 0.3) is 0 Å². The minimum absolute atomic E-state index is 0.150. The van der Waals surface area contributed by atoms with Crippen molar-refractivity contribution in [1.82, 2.24) is 15.1 Å². The molecule has 0 radical (unpaired) electrons. The van der Waals surface area contributed by atoms with Gasteiger partial charge in [0, 0.05) is 26.2 Å². The van der Waals surface area contributed by atoms with Crippen LogP contribution in [0.1, 0.15) is 32.6 Å². The molecule has 2 N–H and O–H groups in total. The van der Waals surface area contributed by atoms with Gasteiger partial charge in [-0.15, -0.1) is 0 Å². The molecule has 0 saturated carbocycles. The van der Waals surface area contributed by atoms with Crippen LogP contribution in [0.5, 0.6) is 0 Å². The molecule has 110 valence electrons. The van der Waals surface area contributed by atoms with E-state index in [2.05, 4.69) is 5.32 Å². The zero-order valence-corrected chi connectivity index (χ0v) is 12.2. The van der Waals surface area contributed by atoms with Gasteiger partial charge < -0.3 is 15.3 Å². The van der Waals surface area contributed by atoms with Crippen LogP contribution in [-0.4, -0.2) is 72.2 Å². The Hall–Kier alpha value is -0.650. The van der Waals surface area contributed by atoms with E-state index in [1.807, 2.05) is 23.8 Å². The standard InChI is InChI=1S/C14H27N3O2/c1-12(13(18)17-8-4-3-5-9-17)16(2)11-14(19)6-7-15-10-14/h12,15,19H,3-11H2,1-2H3. The molecule has 1 amide bonds. The monoisotopic (exact) mass is 269 g/mol. The number of β-amino-alcohol motifs (C(OH)–C–C–N with tert-alkyl or cyclic N) is 1. The molecule has 2 unspecified atom stereocenters. The van der Waals surface area contributed by atoms with Gasteiger partial charge in [0.15, 0.2) is 0 Å². The summed E-state index contributed by atoms with van der Waals surface area (Å²) in [5.74, 6) is 0.205. The Labute approximate surface area is 115 Å². The highest BCUT2D eigenvalue weighted by Gasteiger charge is 2.35. The quantitative estimate of drug-likeness (QED) is 0.757. The summed E-state index contributed by atoms with van der Waals surface area (Å²) >= 11 is 0. The number of hydrogen-bond donors (Lipinski definition) is 2. The van der Waals surface area contributed by atoms with E-state index in [-0.39, 0.29) is 11.9 Å². The third-order valence-electron chi connectivity index (χ3n) is 4.45. The first-order chi connectivity index (χ1) is 9.02. The molecule has 0 bridgehead atoms. The third-order valence-corrected chi connectivity index (χ3v) is 4.45. The molecule has 5 heteroatoms. The molecule has 2 atom stereocenters. The predicted octanol–water partition coefficient (Wildman–Crippen LogP) is 0.0436. The fourth-order valence-electron chi connectivity index (χ4n) is 3.03. The van der Waals surface area contributed by atoms with Gasteiger partial charge in [0.05, 0.1) is 11.6 Å². The maximum absolute atomic E-state index is 12.4. The molecule has 0 aromatic carbocycles.